The lowest BCUT2D eigenvalue weighted by atomic mass is 10.2. The summed E-state index contributed by atoms with van der Waals surface area (Å²) < 4.78 is 2.28. The molecule has 2 N–H and O–H groups in total. The van der Waals surface area contributed by atoms with Crippen molar-refractivity contribution in [3.05, 3.63) is 72.1 Å². The highest BCUT2D eigenvalue weighted by Crippen LogP contribution is 2.18. The summed E-state index contributed by atoms with van der Waals surface area (Å²) in [7, 11) is 1.81. The third kappa shape index (κ3) is 5.78. The van der Waals surface area contributed by atoms with Gasteiger partial charge in [-0.15, -0.1) is 24.0 Å². The van der Waals surface area contributed by atoms with Crippen LogP contribution in [0.25, 0.3) is 11.0 Å². The first-order chi connectivity index (χ1) is 14.7. The molecule has 2 heterocycles. The minimum absolute atomic E-state index is 0. The quantitative estimate of drug-likeness (QED) is 0.159. The standard InChI is InChI=1S/C24H30N6.HI/c1-19-28-22-11-3-4-12-23(22)30(19)16-8-13-26-24(25-2)27-18-20-9-7-10-21(17-20)29-14-5-6-15-29;/h3-7,9-12,17H,8,13-16,18H2,1-2H3,(H2,25,26,27);1H. The fourth-order valence-corrected chi connectivity index (χ4v) is 3.88. The SMILES string of the molecule is CN=C(NCCCn1c(C)nc2ccccc21)NCc1cccc(N2CC=CC2)c1.I. The molecular weight excluding hydrogens is 499 g/mol. The number of hydrogen-bond acceptors (Lipinski definition) is 3. The van der Waals surface area contributed by atoms with Crippen LogP contribution in [-0.4, -0.2) is 42.2 Å². The molecule has 1 aliphatic rings. The first-order valence-electron chi connectivity index (χ1n) is 10.6. The van der Waals surface area contributed by atoms with E-state index >= 15 is 0 Å². The zero-order chi connectivity index (χ0) is 20.8. The third-order valence-electron chi connectivity index (χ3n) is 5.47. The molecule has 164 valence electrons. The van der Waals surface area contributed by atoms with Crippen molar-refractivity contribution in [2.75, 3.05) is 31.6 Å². The summed E-state index contributed by atoms with van der Waals surface area (Å²) in [5.41, 5.74) is 4.78. The Morgan fingerprint density at radius 2 is 1.87 bits per heavy atom. The Labute approximate surface area is 201 Å². The maximum atomic E-state index is 4.64. The summed E-state index contributed by atoms with van der Waals surface area (Å²) in [6.45, 7) is 6.59. The van der Waals surface area contributed by atoms with E-state index in [4.69, 9.17) is 0 Å². The monoisotopic (exact) mass is 530 g/mol. The molecule has 2 aromatic carbocycles. The molecule has 7 heteroatoms. The number of anilines is 1. The van der Waals surface area contributed by atoms with Crippen LogP contribution in [-0.2, 0) is 13.1 Å². The lowest BCUT2D eigenvalue weighted by Crippen LogP contribution is -2.37. The van der Waals surface area contributed by atoms with Crippen LogP contribution < -0.4 is 15.5 Å². The summed E-state index contributed by atoms with van der Waals surface area (Å²) in [5.74, 6) is 1.89. The fourth-order valence-electron chi connectivity index (χ4n) is 3.88. The van der Waals surface area contributed by atoms with Crippen molar-refractivity contribution in [3.63, 3.8) is 0 Å². The topological polar surface area (TPSA) is 57.5 Å². The molecular formula is C24H31IN6. The van der Waals surface area contributed by atoms with E-state index in [1.54, 1.807) is 0 Å². The Bertz CT molecular complexity index is 1050. The number of halogens is 1. The molecule has 1 aliphatic heterocycles. The average Bonchev–Trinajstić information content (AvgIpc) is 3.41. The maximum Gasteiger partial charge on any atom is 0.191 e. The Balaban J connectivity index is 0.00000272. The van der Waals surface area contributed by atoms with Crippen molar-refractivity contribution in [3.8, 4) is 0 Å². The lowest BCUT2D eigenvalue weighted by molar-refractivity contribution is 0.624. The number of nitrogens with one attached hydrogen (secondary N) is 2. The van der Waals surface area contributed by atoms with E-state index in [0.29, 0.717) is 0 Å². The molecule has 0 spiro atoms. The summed E-state index contributed by atoms with van der Waals surface area (Å²) in [4.78, 5) is 11.4. The average molecular weight is 530 g/mol. The van der Waals surface area contributed by atoms with Gasteiger partial charge in [0.2, 0.25) is 0 Å². The van der Waals surface area contributed by atoms with Gasteiger partial charge in [-0.25, -0.2) is 4.98 Å². The molecule has 3 aromatic rings. The van der Waals surface area contributed by atoms with E-state index in [1.165, 1.54) is 16.8 Å². The normalized spacial score (nSPS) is 13.5. The zero-order valence-electron chi connectivity index (χ0n) is 18.2. The molecule has 31 heavy (non-hydrogen) atoms. The van der Waals surface area contributed by atoms with Crippen LogP contribution in [0.5, 0.6) is 0 Å². The number of rotatable bonds is 7. The Kier molecular flexibility index (Phi) is 8.34. The number of fused-ring (bicyclic) bond motifs is 1. The second kappa shape index (κ2) is 11.2. The molecule has 0 saturated carbocycles. The Morgan fingerprint density at radius 1 is 1.06 bits per heavy atom. The van der Waals surface area contributed by atoms with Gasteiger partial charge in [-0.3, -0.25) is 4.99 Å². The smallest absolute Gasteiger partial charge is 0.191 e. The lowest BCUT2D eigenvalue weighted by Gasteiger charge is -2.19. The first kappa shape index (κ1) is 23.1. The number of aromatic nitrogens is 2. The number of nitrogens with zero attached hydrogens (tertiary/aromatic N) is 4. The van der Waals surface area contributed by atoms with Crippen LogP contribution in [0.1, 0.15) is 17.8 Å². The van der Waals surface area contributed by atoms with Gasteiger partial charge in [-0.05, 0) is 43.2 Å². The van der Waals surface area contributed by atoms with E-state index in [1.807, 2.05) is 13.1 Å². The highest BCUT2D eigenvalue weighted by Gasteiger charge is 2.09. The van der Waals surface area contributed by atoms with E-state index in [9.17, 15) is 0 Å². The molecule has 0 fully saturated rings. The van der Waals surface area contributed by atoms with Gasteiger partial charge in [-0.2, -0.15) is 0 Å². The minimum atomic E-state index is 0. The molecule has 1 aromatic heterocycles. The molecule has 4 rings (SSSR count). The second-order valence-electron chi connectivity index (χ2n) is 7.55. The molecule has 0 bridgehead atoms. The van der Waals surface area contributed by atoms with E-state index < -0.39 is 0 Å². The summed E-state index contributed by atoms with van der Waals surface area (Å²) in [6, 6.07) is 17.0. The van der Waals surface area contributed by atoms with Crippen LogP contribution >= 0.6 is 24.0 Å². The Morgan fingerprint density at radius 3 is 2.68 bits per heavy atom. The molecule has 6 nitrogen and oxygen atoms in total. The molecule has 0 radical (unpaired) electrons. The van der Waals surface area contributed by atoms with Crippen molar-refractivity contribution in [1.82, 2.24) is 20.2 Å². The van der Waals surface area contributed by atoms with Crippen LogP contribution in [0, 0.1) is 6.92 Å². The second-order valence-corrected chi connectivity index (χ2v) is 7.55. The highest BCUT2D eigenvalue weighted by molar-refractivity contribution is 14.0. The third-order valence-corrected chi connectivity index (χ3v) is 5.47. The van der Waals surface area contributed by atoms with Crippen molar-refractivity contribution in [2.45, 2.75) is 26.4 Å². The van der Waals surface area contributed by atoms with Gasteiger partial charge in [-0.1, -0.05) is 36.4 Å². The van der Waals surface area contributed by atoms with Crippen LogP contribution in [0.15, 0.2) is 65.7 Å². The predicted molar refractivity (Wildman–Crippen MR) is 140 cm³/mol. The number of para-hydroxylation sites is 2. The molecule has 0 saturated heterocycles. The molecule has 0 amide bonds. The maximum absolute atomic E-state index is 4.64. The molecule has 0 atom stereocenters. The summed E-state index contributed by atoms with van der Waals surface area (Å²) >= 11 is 0. The van der Waals surface area contributed by atoms with E-state index in [-0.39, 0.29) is 24.0 Å². The fraction of sp³-hybridized carbons (Fsp3) is 0.333. The number of hydrogen-bond donors (Lipinski definition) is 2. The van der Waals surface area contributed by atoms with E-state index in [2.05, 4.69) is 91.6 Å². The van der Waals surface area contributed by atoms with Crippen molar-refractivity contribution >= 4 is 46.7 Å². The minimum Gasteiger partial charge on any atom is -0.364 e. The van der Waals surface area contributed by atoms with Crippen molar-refractivity contribution in [2.24, 2.45) is 4.99 Å². The van der Waals surface area contributed by atoms with Gasteiger partial charge in [0.25, 0.3) is 0 Å². The van der Waals surface area contributed by atoms with Gasteiger partial charge in [0.15, 0.2) is 5.96 Å². The number of benzene rings is 2. The van der Waals surface area contributed by atoms with Gasteiger partial charge in [0.1, 0.15) is 5.82 Å². The van der Waals surface area contributed by atoms with Crippen LogP contribution in [0.4, 0.5) is 5.69 Å². The number of guanidine groups is 1. The zero-order valence-corrected chi connectivity index (χ0v) is 20.5. The number of imidazole rings is 1. The van der Waals surface area contributed by atoms with Gasteiger partial charge < -0.3 is 20.1 Å². The van der Waals surface area contributed by atoms with Gasteiger partial charge >= 0.3 is 0 Å². The summed E-state index contributed by atoms with van der Waals surface area (Å²) in [6.07, 6.45) is 5.43. The largest absolute Gasteiger partial charge is 0.364 e. The van der Waals surface area contributed by atoms with Crippen molar-refractivity contribution in [1.29, 1.82) is 0 Å². The summed E-state index contributed by atoms with van der Waals surface area (Å²) in [5, 5.41) is 6.85. The number of aryl methyl sites for hydroxylation is 2. The number of aliphatic imine (C=N–C) groups is 1. The molecule has 0 aliphatic carbocycles. The predicted octanol–water partition coefficient (Wildman–Crippen LogP) is 4.09. The first-order valence-corrected chi connectivity index (χ1v) is 10.6. The van der Waals surface area contributed by atoms with Crippen LogP contribution in [0.2, 0.25) is 0 Å². The van der Waals surface area contributed by atoms with Gasteiger partial charge in [0.05, 0.1) is 11.0 Å². The van der Waals surface area contributed by atoms with Gasteiger partial charge in [0, 0.05) is 45.5 Å². The van der Waals surface area contributed by atoms with Crippen molar-refractivity contribution < 1.29 is 0 Å². The molecule has 0 unspecified atom stereocenters. The highest BCUT2D eigenvalue weighted by atomic mass is 127. The van der Waals surface area contributed by atoms with E-state index in [0.717, 1.165) is 56.4 Å². The van der Waals surface area contributed by atoms with Crippen LogP contribution in [0.3, 0.4) is 0 Å². The Hall–Kier alpha value is -2.55.